The molecule has 8 fully saturated rings. The number of hydrogen-bond acceptors (Lipinski definition) is 27. The first-order chi connectivity index (χ1) is 52.0. The predicted octanol–water partition coefficient (Wildman–Crippen LogP) is 6.87. The van der Waals surface area contributed by atoms with Crippen LogP contribution in [0.1, 0.15) is 86.1 Å². The predicted molar refractivity (Wildman–Crippen MR) is 407 cm³/mol. The van der Waals surface area contributed by atoms with Gasteiger partial charge >= 0.3 is 6.03 Å². The molecule has 107 heavy (non-hydrogen) atoms. The van der Waals surface area contributed by atoms with Gasteiger partial charge in [0, 0.05) is 139 Å². The first-order valence-corrected chi connectivity index (χ1v) is 38.0. The highest BCUT2D eigenvalue weighted by Gasteiger charge is 2.42. The van der Waals surface area contributed by atoms with Crippen LogP contribution in [0.5, 0.6) is 0 Å². The van der Waals surface area contributed by atoms with Gasteiger partial charge < -0.3 is 79.7 Å². The number of thiophene rings is 1. The van der Waals surface area contributed by atoms with Crippen molar-refractivity contribution in [2.45, 2.75) is 115 Å². The third-order valence-corrected chi connectivity index (χ3v) is 22.5. The first kappa shape index (κ1) is 73.0. The number of fused-ring (bicyclic) bond motifs is 5. The second kappa shape index (κ2) is 32.1. The van der Waals surface area contributed by atoms with Crippen LogP contribution in [0, 0.1) is 6.92 Å². The molecule has 2 aromatic carbocycles. The summed E-state index contributed by atoms with van der Waals surface area (Å²) >= 11 is 1.74. The Bertz CT molecular complexity index is 4640. The number of anilines is 6. The van der Waals surface area contributed by atoms with Crippen molar-refractivity contribution < 1.29 is 47.9 Å². The molecule has 5 atom stereocenters. The number of nitrogens with zero attached hydrogens (tertiary/aromatic N) is 17. The second-order valence-corrected chi connectivity index (χ2v) is 29.5. The van der Waals surface area contributed by atoms with Gasteiger partial charge in [0.05, 0.1) is 122 Å². The van der Waals surface area contributed by atoms with Gasteiger partial charge in [-0.05, 0) is 107 Å². The molecule has 32 heteroatoms. The molecule has 4 amide bonds. The van der Waals surface area contributed by atoms with Crippen LogP contribution in [-0.4, -0.2) is 256 Å². The number of aryl methyl sites for hydroxylation is 1. The van der Waals surface area contributed by atoms with Gasteiger partial charge in [-0.3, -0.25) is 14.5 Å². The maximum absolute atomic E-state index is 12.1. The van der Waals surface area contributed by atoms with Gasteiger partial charge in [-0.2, -0.15) is 15.1 Å². The Kier molecular flexibility index (Phi) is 21.9. The highest BCUT2D eigenvalue weighted by molar-refractivity contribution is 7.19. The average Bonchev–Trinajstić information content (AvgIpc) is 1.73. The minimum atomic E-state index is -0.954. The number of benzene rings is 2. The van der Waals surface area contributed by atoms with Crippen molar-refractivity contribution in [3.05, 3.63) is 95.3 Å². The summed E-state index contributed by atoms with van der Waals surface area (Å²) in [5, 5.41) is 24.4. The SMILES string of the molecule is CNC(=O)Nc1ccc(-c2nc(N3CC4CCC(C3)O4)c3cnn(C4CCC5(CC4)OCCO5)c3n2)cc1.CNC(=O)c1cccc(-c2ccc3c(N4CCOC[C@@H]4C)nc(N4CCOC[C@@H]4C)nc3n2)c1.Cc1c(CN2CCN(C(=O)[C@H](C)O)CC2)sc2c(N3CCOCC3)nc(-c3cnc(N)nc3)nc12. The number of carbonyl (C=O) groups is 3. The van der Waals surface area contributed by atoms with Crippen molar-refractivity contribution in [1.82, 2.24) is 75.1 Å². The molecule has 6 N–H and O–H groups in total. The molecular weight excluding hydrogens is 1390 g/mol. The lowest BCUT2D eigenvalue weighted by molar-refractivity contribution is -0.181. The number of aromatic nitrogens is 11. The number of piperazine rings is 1. The number of nitrogens with two attached hydrogens (primary N) is 1. The minimum Gasteiger partial charge on any atom is -0.384 e. The standard InChI is InChI=1S/C27H33N7O4.C25H30N6O3.C23H30N8O3S/c1-28-26(35)30-18-4-2-17(3-5-18)23-31-24(33-15-20-6-7-21(16-33)38-20)22-14-29-34(25(22)32-23)19-8-10-27(11-9-19)36-12-13-37-27;1-16-14-33-11-9-30(16)23-20-7-8-21(18-5-4-6-19(13-18)24(32)26-3)27-22(20)28-25(29-23)31-10-12-34-15-17(31)2;1-14-17(13-29-3-5-31(6-4-29)22(33)15(2)32)35-19-18(14)27-20(16-11-25-23(24)26-12-16)28-21(19)30-7-9-34-10-8-30/h2-5,14,19-21H,6-13,15-16H2,1H3,(H2,28,30,35);4-8,13,16-17H,9-12,14-15H2,1-3H3,(H,26,32);11-12,15,32H,3-10,13H2,1-2H3,(H2,24,25,26)/t;16-,17-;15-/m.00/s1. The number of morpholine rings is 4. The topological polar surface area (TPSA) is 342 Å². The van der Waals surface area contributed by atoms with Gasteiger partial charge in [0.25, 0.3) is 11.8 Å². The minimum absolute atomic E-state index is 0.128. The highest BCUT2D eigenvalue weighted by atomic mass is 32.1. The smallest absolute Gasteiger partial charge is 0.318 e. The molecule has 7 saturated heterocycles. The van der Waals surface area contributed by atoms with Crippen LogP contribution in [0.25, 0.3) is 66.3 Å². The van der Waals surface area contributed by atoms with E-state index in [9.17, 15) is 19.5 Å². The lowest BCUT2D eigenvalue weighted by atomic mass is 9.90. The lowest BCUT2D eigenvalue weighted by Gasteiger charge is -2.37. The zero-order valence-electron chi connectivity index (χ0n) is 61.4. The molecule has 1 aliphatic carbocycles. The van der Waals surface area contributed by atoms with E-state index in [0.29, 0.717) is 100 Å². The summed E-state index contributed by atoms with van der Waals surface area (Å²) in [6, 6.07) is 19.4. The van der Waals surface area contributed by atoms with E-state index in [0.717, 1.165) is 169 Å². The number of aliphatic hydroxyl groups is 1. The number of carbonyl (C=O) groups excluding carboxylic acids is 3. The summed E-state index contributed by atoms with van der Waals surface area (Å²) in [6.07, 6.45) is 10.5. The van der Waals surface area contributed by atoms with E-state index in [4.69, 9.17) is 74.1 Å². The Morgan fingerprint density at radius 3 is 2.04 bits per heavy atom. The number of hydrogen-bond donors (Lipinski definition) is 5. The maximum Gasteiger partial charge on any atom is 0.318 e. The van der Waals surface area contributed by atoms with Crippen LogP contribution in [0.4, 0.5) is 39.8 Å². The Labute approximate surface area is 623 Å². The molecule has 1 spiro atoms. The van der Waals surface area contributed by atoms with E-state index in [2.05, 4.69) is 75.9 Å². The number of rotatable bonds is 13. The summed E-state index contributed by atoms with van der Waals surface area (Å²) in [7, 11) is 3.22. The van der Waals surface area contributed by atoms with Gasteiger partial charge in [0.1, 0.15) is 17.7 Å². The molecule has 14 heterocycles. The van der Waals surface area contributed by atoms with E-state index in [1.54, 1.807) is 48.8 Å². The monoisotopic (exact) mass is 1480 g/mol. The highest BCUT2D eigenvalue weighted by Crippen LogP contribution is 2.43. The molecule has 0 radical (unpaired) electrons. The fourth-order valence-corrected chi connectivity index (χ4v) is 16.6. The van der Waals surface area contributed by atoms with Crippen LogP contribution in [-0.2, 0) is 39.8 Å². The molecule has 7 aliphatic heterocycles. The maximum atomic E-state index is 12.1. The normalized spacial score (nSPS) is 21.5. The number of nitrogen functional groups attached to an aromatic ring is 1. The number of urea groups is 1. The largest absolute Gasteiger partial charge is 0.384 e. The number of amides is 4. The van der Waals surface area contributed by atoms with E-state index in [1.807, 2.05) is 60.8 Å². The Morgan fingerprint density at radius 1 is 0.673 bits per heavy atom. The molecule has 17 rings (SSSR count). The Balaban J connectivity index is 0.000000129. The van der Waals surface area contributed by atoms with E-state index >= 15 is 0 Å². The molecule has 31 nitrogen and oxygen atoms in total. The molecule has 1 saturated carbocycles. The number of aliphatic hydroxyl groups excluding tert-OH is 1. The lowest BCUT2D eigenvalue weighted by Crippen LogP contribution is -2.50. The zero-order chi connectivity index (χ0) is 73.9. The summed E-state index contributed by atoms with van der Waals surface area (Å²) in [6.45, 7) is 21.4. The Hall–Kier alpha value is -9.51. The van der Waals surface area contributed by atoms with E-state index in [-0.39, 0.29) is 54.1 Å². The van der Waals surface area contributed by atoms with E-state index in [1.165, 1.54) is 11.8 Å². The molecular formula is C75H93N21O10S. The van der Waals surface area contributed by atoms with Crippen molar-refractivity contribution in [1.29, 1.82) is 0 Å². The van der Waals surface area contributed by atoms with Crippen LogP contribution in [0.3, 0.4) is 0 Å². The Morgan fingerprint density at radius 2 is 1.36 bits per heavy atom. The average molecular weight is 1480 g/mol. The van der Waals surface area contributed by atoms with Gasteiger partial charge in [0.15, 0.2) is 34.5 Å². The first-order valence-electron chi connectivity index (χ1n) is 37.2. The summed E-state index contributed by atoms with van der Waals surface area (Å²) in [5.41, 5.74) is 13.8. The quantitative estimate of drug-likeness (QED) is 0.0785. The van der Waals surface area contributed by atoms with E-state index < -0.39 is 11.9 Å². The molecule has 7 aromatic heterocycles. The van der Waals surface area contributed by atoms with Crippen molar-refractivity contribution in [2.75, 3.05) is 163 Å². The van der Waals surface area contributed by atoms with Gasteiger partial charge in [-0.1, -0.05) is 12.1 Å². The molecule has 9 aromatic rings. The van der Waals surface area contributed by atoms with Crippen LogP contribution < -0.4 is 41.3 Å². The molecule has 564 valence electrons. The van der Waals surface area contributed by atoms with Crippen molar-refractivity contribution in [2.24, 2.45) is 0 Å². The third kappa shape index (κ3) is 15.9. The van der Waals surface area contributed by atoms with Crippen LogP contribution >= 0.6 is 11.3 Å². The number of pyridine rings is 1. The van der Waals surface area contributed by atoms with Gasteiger partial charge in [-0.15, -0.1) is 11.3 Å². The van der Waals surface area contributed by atoms with Gasteiger partial charge in [-0.25, -0.2) is 44.4 Å². The third-order valence-electron chi connectivity index (χ3n) is 21.2. The second-order valence-electron chi connectivity index (χ2n) is 28.4. The fourth-order valence-electron chi connectivity index (χ4n) is 15.3. The van der Waals surface area contributed by atoms with Crippen molar-refractivity contribution in [3.63, 3.8) is 0 Å². The molecule has 8 aliphatic rings. The zero-order valence-corrected chi connectivity index (χ0v) is 62.2. The van der Waals surface area contributed by atoms with Crippen molar-refractivity contribution >= 4 is 96.5 Å². The molecule has 2 unspecified atom stereocenters. The molecule has 2 bridgehead atoms. The van der Waals surface area contributed by atoms with Crippen LogP contribution in [0.15, 0.2) is 79.3 Å². The fraction of sp³-hybridized carbons (Fsp3) is 0.507. The van der Waals surface area contributed by atoms with Gasteiger partial charge in [0.2, 0.25) is 11.9 Å². The van der Waals surface area contributed by atoms with Crippen LogP contribution in [0.2, 0.25) is 0 Å². The summed E-state index contributed by atoms with van der Waals surface area (Å²) in [5.74, 6) is 4.08. The summed E-state index contributed by atoms with van der Waals surface area (Å²) < 4.78 is 38.0. The van der Waals surface area contributed by atoms with Crippen molar-refractivity contribution in [3.8, 4) is 34.0 Å². The number of ether oxygens (including phenoxy) is 6. The summed E-state index contributed by atoms with van der Waals surface area (Å²) in [4.78, 5) is 93.5. The number of nitrogens with one attached hydrogen (secondary N) is 3.